The Bertz CT molecular complexity index is 1010. The van der Waals surface area contributed by atoms with Crippen LogP contribution in [0.15, 0.2) is 29.1 Å². The third-order valence-corrected chi connectivity index (χ3v) is 5.99. The number of hydrogen-bond acceptors (Lipinski definition) is 5. The minimum atomic E-state index is -0.238. The average molecular weight is 417 g/mol. The molecule has 29 heavy (non-hydrogen) atoms. The van der Waals surface area contributed by atoms with Gasteiger partial charge >= 0.3 is 0 Å². The lowest BCUT2D eigenvalue weighted by molar-refractivity contribution is -0.118. The number of benzene rings is 1. The van der Waals surface area contributed by atoms with E-state index in [9.17, 15) is 9.59 Å². The number of nitrogens with zero attached hydrogens (tertiary/aromatic N) is 4. The summed E-state index contributed by atoms with van der Waals surface area (Å²) in [6.07, 6.45) is 0.0476. The molecule has 1 amide bonds. The lowest BCUT2D eigenvalue weighted by Crippen LogP contribution is -2.39. The summed E-state index contributed by atoms with van der Waals surface area (Å²) in [7, 11) is 1.65. The minimum absolute atomic E-state index is 0.0476. The molecule has 4 rings (SSSR count). The molecule has 0 bridgehead atoms. The van der Waals surface area contributed by atoms with Crippen LogP contribution in [0.1, 0.15) is 25.2 Å². The SMILES string of the molecule is Cn1c(CC(=O)N2CC(C)(C)c3c(Cl)cccc32)nc(N2CCOCC2)cc1=O. The second-order valence-corrected chi connectivity index (χ2v) is 8.61. The van der Waals surface area contributed by atoms with Crippen LogP contribution in [0, 0.1) is 0 Å². The molecule has 0 aliphatic carbocycles. The van der Waals surface area contributed by atoms with Gasteiger partial charge in [-0.1, -0.05) is 31.5 Å². The Morgan fingerprint density at radius 2 is 2.00 bits per heavy atom. The van der Waals surface area contributed by atoms with E-state index in [2.05, 4.69) is 18.8 Å². The maximum atomic E-state index is 13.2. The van der Waals surface area contributed by atoms with E-state index < -0.39 is 0 Å². The monoisotopic (exact) mass is 416 g/mol. The molecule has 3 heterocycles. The van der Waals surface area contributed by atoms with Crippen molar-refractivity contribution in [3.05, 3.63) is 51.0 Å². The van der Waals surface area contributed by atoms with E-state index in [1.54, 1.807) is 11.9 Å². The minimum Gasteiger partial charge on any atom is -0.378 e. The lowest BCUT2D eigenvalue weighted by Gasteiger charge is -2.28. The summed E-state index contributed by atoms with van der Waals surface area (Å²) in [6, 6.07) is 7.15. The predicted molar refractivity (Wildman–Crippen MR) is 113 cm³/mol. The topological polar surface area (TPSA) is 67.7 Å². The molecule has 154 valence electrons. The smallest absolute Gasteiger partial charge is 0.255 e. The van der Waals surface area contributed by atoms with Crippen molar-refractivity contribution in [2.75, 3.05) is 42.6 Å². The number of carbonyl (C=O) groups excluding carboxylic acids is 1. The van der Waals surface area contributed by atoms with Gasteiger partial charge in [-0.2, -0.15) is 0 Å². The first-order chi connectivity index (χ1) is 13.8. The quantitative estimate of drug-likeness (QED) is 0.766. The van der Waals surface area contributed by atoms with Crippen molar-refractivity contribution >= 4 is 29.0 Å². The molecule has 2 aliphatic heterocycles. The zero-order valence-electron chi connectivity index (χ0n) is 16.9. The largest absolute Gasteiger partial charge is 0.378 e. The molecule has 1 aromatic carbocycles. The standard InChI is InChI=1S/C21H25ClN4O3/c1-21(2)13-26(15-6-4-5-14(22)20(15)21)19(28)11-16-23-17(12-18(27)24(16)3)25-7-9-29-10-8-25/h4-6,12H,7-11,13H2,1-3H3. The van der Waals surface area contributed by atoms with Crippen LogP contribution in [0.5, 0.6) is 0 Å². The van der Waals surface area contributed by atoms with Crippen LogP contribution in [0.2, 0.25) is 5.02 Å². The summed E-state index contributed by atoms with van der Waals surface area (Å²) < 4.78 is 6.82. The molecule has 8 heteroatoms. The molecule has 7 nitrogen and oxygen atoms in total. The number of carbonyl (C=O) groups is 1. The molecular formula is C21H25ClN4O3. The molecule has 2 aromatic rings. The van der Waals surface area contributed by atoms with Gasteiger partial charge in [0.25, 0.3) is 5.56 Å². The van der Waals surface area contributed by atoms with Gasteiger partial charge in [0.15, 0.2) is 0 Å². The van der Waals surface area contributed by atoms with Crippen molar-refractivity contribution in [3.8, 4) is 0 Å². The second kappa shape index (κ2) is 7.46. The normalized spacial score (nSPS) is 18.1. The number of ether oxygens (including phenoxy) is 1. The van der Waals surface area contributed by atoms with Crippen LogP contribution in [0.4, 0.5) is 11.5 Å². The Hall–Kier alpha value is -2.38. The molecule has 2 aliphatic rings. The second-order valence-electron chi connectivity index (χ2n) is 8.20. The van der Waals surface area contributed by atoms with Crippen LogP contribution < -0.4 is 15.4 Å². The van der Waals surface area contributed by atoms with Gasteiger partial charge in [0.1, 0.15) is 11.6 Å². The van der Waals surface area contributed by atoms with E-state index in [-0.39, 0.29) is 23.3 Å². The molecule has 1 aromatic heterocycles. The third-order valence-electron chi connectivity index (χ3n) is 5.67. The predicted octanol–water partition coefficient (Wildman–Crippen LogP) is 2.14. The first-order valence-corrected chi connectivity index (χ1v) is 10.1. The molecule has 1 saturated heterocycles. The van der Waals surface area contributed by atoms with Crippen molar-refractivity contribution in [3.63, 3.8) is 0 Å². The summed E-state index contributed by atoms with van der Waals surface area (Å²) in [5.74, 6) is 0.961. The van der Waals surface area contributed by atoms with Gasteiger partial charge in [0.05, 0.1) is 19.6 Å². The maximum absolute atomic E-state index is 13.2. The van der Waals surface area contributed by atoms with E-state index >= 15 is 0 Å². The molecule has 0 spiro atoms. The Labute approximate surface area is 174 Å². The van der Waals surface area contributed by atoms with Gasteiger partial charge in [-0.25, -0.2) is 4.98 Å². The fourth-order valence-electron chi connectivity index (χ4n) is 4.11. The van der Waals surface area contributed by atoms with E-state index in [4.69, 9.17) is 16.3 Å². The number of aromatic nitrogens is 2. The summed E-state index contributed by atoms with van der Waals surface area (Å²) in [5, 5.41) is 0.669. The molecule has 0 atom stereocenters. The van der Waals surface area contributed by atoms with Gasteiger partial charge in [-0.3, -0.25) is 14.2 Å². The fourth-order valence-corrected chi connectivity index (χ4v) is 4.53. The number of halogens is 1. The van der Waals surface area contributed by atoms with Crippen LogP contribution in [0.25, 0.3) is 0 Å². The number of anilines is 2. The molecule has 0 N–H and O–H groups in total. The summed E-state index contributed by atoms with van der Waals surface area (Å²) in [4.78, 5) is 34.1. The Kier molecular flexibility index (Phi) is 5.12. The molecule has 0 saturated carbocycles. The van der Waals surface area contributed by atoms with Crippen LogP contribution in [-0.2, 0) is 28.4 Å². The number of rotatable bonds is 3. The van der Waals surface area contributed by atoms with Crippen molar-refractivity contribution in [1.29, 1.82) is 0 Å². The van der Waals surface area contributed by atoms with Gasteiger partial charge < -0.3 is 14.5 Å². The Morgan fingerprint density at radius 1 is 1.28 bits per heavy atom. The Balaban J connectivity index is 1.63. The highest BCUT2D eigenvalue weighted by molar-refractivity contribution is 6.32. The van der Waals surface area contributed by atoms with Crippen molar-refractivity contribution in [2.45, 2.75) is 25.7 Å². The van der Waals surface area contributed by atoms with Crippen LogP contribution >= 0.6 is 11.6 Å². The maximum Gasteiger partial charge on any atom is 0.255 e. The van der Waals surface area contributed by atoms with Gasteiger partial charge in [-0.05, 0) is 12.1 Å². The fraction of sp³-hybridized carbons (Fsp3) is 0.476. The summed E-state index contributed by atoms with van der Waals surface area (Å²) in [6.45, 7) is 7.27. The zero-order chi connectivity index (χ0) is 20.8. The van der Waals surface area contributed by atoms with E-state index in [0.29, 0.717) is 49.5 Å². The lowest BCUT2D eigenvalue weighted by atomic mass is 9.87. The van der Waals surface area contributed by atoms with Crippen molar-refractivity contribution in [1.82, 2.24) is 9.55 Å². The number of fused-ring (bicyclic) bond motifs is 1. The summed E-state index contributed by atoms with van der Waals surface area (Å²) >= 11 is 6.43. The molecule has 0 radical (unpaired) electrons. The third kappa shape index (κ3) is 3.65. The van der Waals surface area contributed by atoms with Crippen LogP contribution in [0.3, 0.4) is 0 Å². The number of morpholine rings is 1. The van der Waals surface area contributed by atoms with Crippen molar-refractivity contribution in [2.24, 2.45) is 7.05 Å². The number of amides is 1. The first-order valence-electron chi connectivity index (χ1n) is 9.77. The van der Waals surface area contributed by atoms with E-state index in [0.717, 1.165) is 11.3 Å². The molecule has 0 unspecified atom stereocenters. The highest BCUT2D eigenvalue weighted by atomic mass is 35.5. The molecule has 1 fully saturated rings. The molecular weight excluding hydrogens is 392 g/mol. The first kappa shape index (κ1) is 19.9. The number of hydrogen-bond donors (Lipinski definition) is 0. The van der Waals surface area contributed by atoms with Gasteiger partial charge in [-0.15, -0.1) is 0 Å². The van der Waals surface area contributed by atoms with E-state index in [1.807, 2.05) is 23.1 Å². The van der Waals surface area contributed by atoms with E-state index in [1.165, 1.54) is 10.6 Å². The van der Waals surface area contributed by atoms with Gasteiger partial charge in [0.2, 0.25) is 5.91 Å². The van der Waals surface area contributed by atoms with Crippen LogP contribution in [-0.4, -0.2) is 48.3 Å². The zero-order valence-corrected chi connectivity index (χ0v) is 17.7. The van der Waals surface area contributed by atoms with Gasteiger partial charge in [0, 0.05) is 54.4 Å². The Morgan fingerprint density at radius 3 is 2.72 bits per heavy atom. The van der Waals surface area contributed by atoms with Crippen molar-refractivity contribution < 1.29 is 9.53 Å². The highest BCUT2D eigenvalue weighted by Crippen LogP contribution is 2.44. The highest BCUT2D eigenvalue weighted by Gasteiger charge is 2.39. The summed E-state index contributed by atoms with van der Waals surface area (Å²) in [5.41, 5.74) is 1.41. The average Bonchev–Trinajstić information content (AvgIpc) is 2.98.